The van der Waals surface area contributed by atoms with E-state index in [1.54, 1.807) is 24.3 Å². The second kappa shape index (κ2) is 6.05. The monoisotopic (exact) mass is 276 g/mol. The summed E-state index contributed by atoms with van der Waals surface area (Å²) < 4.78 is 5.43. The number of hydrogen-bond donors (Lipinski definition) is 1. The van der Waals surface area contributed by atoms with Crippen LogP contribution in [0.25, 0.3) is 0 Å². The standard InChI is InChI=1S/C15H20N2O3/c1-10-8-20-9-11(2)17(10)15(19)13-4-6-14(7-5-13)16-12(3)18/h4-7,10-11H,8-9H2,1-3H3,(H,16,18). The zero-order valence-electron chi connectivity index (χ0n) is 12.1. The van der Waals surface area contributed by atoms with Gasteiger partial charge < -0.3 is 15.0 Å². The third-order valence-corrected chi connectivity index (χ3v) is 3.35. The number of nitrogens with one attached hydrogen (secondary N) is 1. The van der Waals surface area contributed by atoms with Crippen LogP contribution in [0.5, 0.6) is 0 Å². The highest BCUT2D eigenvalue weighted by atomic mass is 16.5. The number of amides is 2. The van der Waals surface area contributed by atoms with E-state index in [1.807, 2.05) is 18.7 Å². The quantitative estimate of drug-likeness (QED) is 0.897. The van der Waals surface area contributed by atoms with E-state index < -0.39 is 0 Å². The average Bonchev–Trinajstić information content (AvgIpc) is 2.38. The van der Waals surface area contributed by atoms with Gasteiger partial charge in [-0.15, -0.1) is 0 Å². The minimum atomic E-state index is -0.125. The third kappa shape index (κ3) is 3.17. The Labute approximate surface area is 118 Å². The van der Waals surface area contributed by atoms with E-state index in [1.165, 1.54) is 6.92 Å². The summed E-state index contributed by atoms with van der Waals surface area (Å²) in [7, 11) is 0. The molecule has 2 amide bonds. The van der Waals surface area contributed by atoms with Gasteiger partial charge in [0.15, 0.2) is 0 Å². The van der Waals surface area contributed by atoms with E-state index in [4.69, 9.17) is 4.74 Å². The molecule has 1 fully saturated rings. The third-order valence-electron chi connectivity index (χ3n) is 3.35. The molecule has 2 unspecified atom stereocenters. The van der Waals surface area contributed by atoms with E-state index in [0.717, 1.165) is 0 Å². The van der Waals surface area contributed by atoms with Crippen LogP contribution in [0.4, 0.5) is 5.69 Å². The number of rotatable bonds is 2. The van der Waals surface area contributed by atoms with Crippen LogP contribution in [0.15, 0.2) is 24.3 Å². The summed E-state index contributed by atoms with van der Waals surface area (Å²) in [5.41, 5.74) is 1.32. The van der Waals surface area contributed by atoms with E-state index in [9.17, 15) is 9.59 Å². The molecule has 2 atom stereocenters. The molecule has 0 spiro atoms. The Kier molecular flexibility index (Phi) is 4.39. The lowest BCUT2D eigenvalue weighted by Crippen LogP contribution is -2.52. The van der Waals surface area contributed by atoms with Crippen molar-refractivity contribution in [2.45, 2.75) is 32.9 Å². The number of ether oxygens (including phenoxy) is 1. The fourth-order valence-corrected chi connectivity index (χ4v) is 2.45. The van der Waals surface area contributed by atoms with Crippen molar-refractivity contribution in [2.24, 2.45) is 0 Å². The van der Waals surface area contributed by atoms with Crippen LogP contribution in [0.2, 0.25) is 0 Å². The maximum atomic E-state index is 12.5. The van der Waals surface area contributed by atoms with Crippen molar-refractivity contribution in [1.82, 2.24) is 4.90 Å². The largest absolute Gasteiger partial charge is 0.377 e. The highest BCUT2D eigenvalue weighted by Crippen LogP contribution is 2.18. The van der Waals surface area contributed by atoms with Crippen LogP contribution in [0.1, 0.15) is 31.1 Å². The summed E-state index contributed by atoms with van der Waals surface area (Å²) in [6.45, 7) is 6.56. The molecule has 0 radical (unpaired) electrons. The van der Waals surface area contributed by atoms with Crippen molar-refractivity contribution in [3.05, 3.63) is 29.8 Å². The summed E-state index contributed by atoms with van der Waals surface area (Å²) >= 11 is 0. The predicted molar refractivity (Wildman–Crippen MR) is 76.7 cm³/mol. The number of anilines is 1. The van der Waals surface area contributed by atoms with Crippen LogP contribution in [-0.2, 0) is 9.53 Å². The van der Waals surface area contributed by atoms with Gasteiger partial charge in [0.2, 0.25) is 5.91 Å². The maximum Gasteiger partial charge on any atom is 0.254 e. The number of carbonyl (C=O) groups is 2. The van der Waals surface area contributed by atoms with Crippen molar-refractivity contribution in [1.29, 1.82) is 0 Å². The Morgan fingerprint density at radius 2 is 1.70 bits per heavy atom. The zero-order valence-corrected chi connectivity index (χ0v) is 12.1. The number of nitrogens with zero attached hydrogens (tertiary/aromatic N) is 1. The Morgan fingerprint density at radius 3 is 2.20 bits per heavy atom. The normalized spacial score (nSPS) is 22.4. The van der Waals surface area contributed by atoms with Gasteiger partial charge in [0.05, 0.1) is 25.3 Å². The van der Waals surface area contributed by atoms with E-state index in [0.29, 0.717) is 24.5 Å². The molecule has 20 heavy (non-hydrogen) atoms. The number of benzene rings is 1. The lowest BCUT2D eigenvalue weighted by Gasteiger charge is -2.38. The number of hydrogen-bond acceptors (Lipinski definition) is 3. The molecule has 5 heteroatoms. The van der Waals surface area contributed by atoms with Gasteiger partial charge in [0.1, 0.15) is 0 Å². The van der Waals surface area contributed by atoms with Crippen LogP contribution in [-0.4, -0.2) is 42.0 Å². The van der Waals surface area contributed by atoms with E-state index in [2.05, 4.69) is 5.32 Å². The lowest BCUT2D eigenvalue weighted by atomic mass is 10.1. The van der Waals surface area contributed by atoms with E-state index >= 15 is 0 Å². The number of morpholine rings is 1. The van der Waals surface area contributed by atoms with Gasteiger partial charge >= 0.3 is 0 Å². The molecule has 1 aromatic rings. The molecule has 108 valence electrons. The molecule has 1 N–H and O–H groups in total. The second-order valence-electron chi connectivity index (χ2n) is 5.21. The number of carbonyl (C=O) groups excluding carboxylic acids is 2. The Hall–Kier alpha value is -1.88. The smallest absolute Gasteiger partial charge is 0.254 e. The van der Waals surface area contributed by atoms with Gasteiger partial charge in [-0.3, -0.25) is 9.59 Å². The molecule has 0 bridgehead atoms. The highest BCUT2D eigenvalue weighted by molar-refractivity contribution is 5.96. The Bertz CT molecular complexity index is 488. The SMILES string of the molecule is CC(=O)Nc1ccc(C(=O)N2C(C)COCC2C)cc1. The van der Waals surface area contributed by atoms with Crippen molar-refractivity contribution in [3.63, 3.8) is 0 Å². The summed E-state index contributed by atoms with van der Waals surface area (Å²) in [4.78, 5) is 25.4. The molecule has 1 saturated heterocycles. The summed E-state index contributed by atoms with van der Waals surface area (Å²) in [6, 6.07) is 7.10. The zero-order chi connectivity index (χ0) is 14.7. The molecule has 1 heterocycles. The van der Waals surface area contributed by atoms with Crippen LogP contribution >= 0.6 is 0 Å². The molecule has 1 aromatic carbocycles. The van der Waals surface area contributed by atoms with Gasteiger partial charge in [0, 0.05) is 18.2 Å². The highest BCUT2D eigenvalue weighted by Gasteiger charge is 2.30. The molecule has 2 rings (SSSR count). The second-order valence-corrected chi connectivity index (χ2v) is 5.21. The topological polar surface area (TPSA) is 58.6 Å². The Balaban J connectivity index is 2.14. The van der Waals surface area contributed by atoms with Crippen LogP contribution < -0.4 is 5.32 Å². The molecule has 1 aliphatic heterocycles. The Morgan fingerprint density at radius 1 is 1.15 bits per heavy atom. The molecule has 0 saturated carbocycles. The summed E-state index contributed by atoms with van der Waals surface area (Å²) in [5.74, 6) is -0.123. The molecule has 1 aliphatic rings. The van der Waals surface area contributed by atoms with Crippen molar-refractivity contribution in [2.75, 3.05) is 18.5 Å². The first-order chi connectivity index (χ1) is 9.49. The predicted octanol–water partition coefficient (Wildman–Crippen LogP) is 1.89. The van der Waals surface area contributed by atoms with Gasteiger partial charge in [-0.2, -0.15) is 0 Å². The fourth-order valence-electron chi connectivity index (χ4n) is 2.45. The molecule has 5 nitrogen and oxygen atoms in total. The lowest BCUT2D eigenvalue weighted by molar-refractivity contribution is -0.114. The van der Waals surface area contributed by atoms with Crippen LogP contribution in [0, 0.1) is 0 Å². The molecule has 0 aliphatic carbocycles. The summed E-state index contributed by atoms with van der Waals surface area (Å²) in [5, 5.41) is 2.68. The van der Waals surface area contributed by atoms with Gasteiger partial charge in [0.25, 0.3) is 5.91 Å². The molecule has 0 aromatic heterocycles. The van der Waals surface area contributed by atoms with Gasteiger partial charge in [-0.05, 0) is 38.1 Å². The van der Waals surface area contributed by atoms with Crippen molar-refractivity contribution in [3.8, 4) is 0 Å². The first-order valence-corrected chi connectivity index (χ1v) is 6.77. The molecular formula is C15H20N2O3. The van der Waals surface area contributed by atoms with Gasteiger partial charge in [-0.1, -0.05) is 0 Å². The first-order valence-electron chi connectivity index (χ1n) is 6.77. The van der Waals surface area contributed by atoms with Crippen molar-refractivity contribution >= 4 is 17.5 Å². The fraction of sp³-hybridized carbons (Fsp3) is 0.467. The maximum absolute atomic E-state index is 12.5. The van der Waals surface area contributed by atoms with E-state index in [-0.39, 0.29) is 23.9 Å². The van der Waals surface area contributed by atoms with Crippen molar-refractivity contribution < 1.29 is 14.3 Å². The average molecular weight is 276 g/mol. The van der Waals surface area contributed by atoms with Crippen LogP contribution in [0.3, 0.4) is 0 Å². The summed E-state index contributed by atoms with van der Waals surface area (Å²) in [6.07, 6.45) is 0. The minimum Gasteiger partial charge on any atom is -0.377 e. The minimum absolute atomic E-state index is 0.00248. The molecular weight excluding hydrogens is 256 g/mol. The first kappa shape index (κ1) is 14.5. The van der Waals surface area contributed by atoms with Gasteiger partial charge in [-0.25, -0.2) is 0 Å².